The first-order valence-corrected chi connectivity index (χ1v) is 6.40. The van der Waals surface area contributed by atoms with Crippen molar-refractivity contribution in [3.05, 3.63) is 64.7 Å². The summed E-state index contributed by atoms with van der Waals surface area (Å²) in [6.07, 6.45) is -1.65. The van der Waals surface area contributed by atoms with Crippen molar-refractivity contribution < 1.29 is 24.5 Å². The monoisotopic (exact) mass is 284 g/mol. The fourth-order valence-corrected chi connectivity index (χ4v) is 2.40. The van der Waals surface area contributed by atoms with Gasteiger partial charge in [-0.2, -0.15) is 0 Å². The van der Waals surface area contributed by atoms with Crippen LogP contribution in [-0.4, -0.2) is 34.7 Å². The smallest absolute Gasteiger partial charge is 0.198 e. The third kappa shape index (κ3) is 2.22. The standard InChI is InChI=1S/C16H12O5/c17-13(18)8-21-12-7-3-6-11-14(12)16(20)10-5-2-1-4-9(10)15(11)19/h1-7,13,17-18H,8H2. The highest BCUT2D eigenvalue weighted by molar-refractivity contribution is 6.29. The minimum Gasteiger partial charge on any atom is -0.488 e. The lowest BCUT2D eigenvalue weighted by atomic mass is 9.83. The third-order valence-electron chi connectivity index (χ3n) is 3.30. The molecule has 0 aromatic heterocycles. The van der Waals surface area contributed by atoms with E-state index in [1.165, 1.54) is 6.07 Å². The van der Waals surface area contributed by atoms with Crippen LogP contribution in [0.3, 0.4) is 0 Å². The van der Waals surface area contributed by atoms with Gasteiger partial charge in [-0.15, -0.1) is 0 Å². The highest BCUT2D eigenvalue weighted by atomic mass is 16.5. The maximum Gasteiger partial charge on any atom is 0.198 e. The van der Waals surface area contributed by atoms with Crippen LogP contribution in [0.25, 0.3) is 0 Å². The molecule has 5 heteroatoms. The molecule has 2 aromatic carbocycles. The minimum atomic E-state index is -1.65. The number of hydrogen-bond acceptors (Lipinski definition) is 5. The van der Waals surface area contributed by atoms with E-state index in [-0.39, 0.29) is 35.0 Å². The molecule has 0 saturated heterocycles. The van der Waals surface area contributed by atoms with Crippen LogP contribution < -0.4 is 4.74 Å². The molecule has 1 aliphatic carbocycles. The van der Waals surface area contributed by atoms with Crippen LogP contribution in [0.1, 0.15) is 31.8 Å². The molecule has 0 atom stereocenters. The van der Waals surface area contributed by atoms with Gasteiger partial charge in [-0.05, 0) is 6.07 Å². The summed E-state index contributed by atoms with van der Waals surface area (Å²) in [5, 5.41) is 17.7. The predicted molar refractivity (Wildman–Crippen MR) is 73.5 cm³/mol. The van der Waals surface area contributed by atoms with Gasteiger partial charge >= 0.3 is 0 Å². The van der Waals surface area contributed by atoms with Crippen LogP contribution in [0.5, 0.6) is 5.75 Å². The van der Waals surface area contributed by atoms with Crippen molar-refractivity contribution in [2.45, 2.75) is 6.29 Å². The Kier molecular flexibility index (Phi) is 3.29. The average molecular weight is 284 g/mol. The van der Waals surface area contributed by atoms with E-state index in [0.29, 0.717) is 11.1 Å². The molecule has 21 heavy (non-hydrogen) atoms. The van der Waals surface area contributed by atoms with E-state index in [1.807, 2.05) is 0 Å². The molecule has 2 aromatic rings. The van der Waals surface area contributed by atoms with Crippen LogP contribution in [0.2, 0.25) is 0 Å². The van der Waals surface area contributed by atoms with Crippen molar-refractivity contribution in [2.24, 2.45) is 0 Å². The summed E-state index contributed by atoms with van der Waals surface area (Å²) in [6, 6.07) is 11.3. The van der Waals surface area contributed by atoms with Gasteiger partial charge < -0.3 is 14.9 Å². The molecule has 5 nitrogen and oxygen atoms in total. The summed E-state index contributed by atoms with van der Waals surface area (Å²) in [4.78, 5) is 25.0. The van der Waals surface area contributed by atoms with Crippen LogP contribution >= 0.6 is 0 Å². The van der Waals surface area contributed by atoms with Crippen molar-refractivity contribution >= 4 is 11.6 Å². The fourth-order valence-electron chi connectivity index (χ4n) is 2.40. The summed E-state index contributed by atoms with van der Waals surface area (Å²) < 4.78 is 5.23. The van der Waals surface area contributed by atoms with Gasteiger partial charge in [0, 0.05) is 16.7 Å². The zero-order valence-corrected chi connectivity index (χ0v) is 10.9. The molecule has 0 aliphatic heterocycles. The Bertz CT molecular complexity index is 733. The van der Waals surface area contributed by atoms with Gasteiger partial charge in [-0.25, -0.2) is 0 Å². The lowest BCUT2D eigenvalue weighted by molar-refractivity contribution is -0.0681. The van der Waals surface area contributed by atoms with Gasteiger partial charge in [-0.3, -0.25) is 9.59 Å². The Morgan fingerprint density at radius 2 is 1.48 bits per heavy atom. The van der Waals surface area contributed by atoms with Crippen molar-refractivity contribution in [3.63, 3.8) is 0 Å². The Morgan fingerprint density at radius 1 is 0.857 bits per heavy atom. The summed E-state index contributed by atoms with van der Waals surface area (Å²) >= 11 is 0. The summed E-state index contributed by atoms with van der Waals surface area (Å²) in [6.45, 7) is -0.375. The van der Waals surface area contributed by atoms with Crippen molar-refractivity contribution in [3.8, 4) is 5.75 Å². The molecule has 0 bridgehead atoms. The van der Waals surface area contributed by atoms with Gasteiger partial charge in [-0.1, -0.05) is 36.4 Å². The van der Waals surface area contributed by atoms with Crippen LogP contribution in [0.15, 0.2) is 42.5 Å². The Hall–Kier alpha value is -2.50. The number of carbonyl (C=O) groups excluding carboxylic acids is 2. The summed E-state index contributed by atoms with van der Waals surface area (Å²) in [7, 11) is 0. The Labute approximate surface area is 120 Å². The number of rotatable bonds is 3. The van der Waals surface area contributed by atoms with E-state index >= 15 is 0 Å². The zero-order valence-electron chi connectivity index (χ0n) is 10.9. The number of aliphatic hydroxyl groups excluding tert-OH is 1. The van der Waals surface area contributed by atoms with Crippen LogP contribution in [0, 0.1) is 0 Å². The molecule has 0 radical (unpaired) electrons. The molecule has 106 valence electrons. The molecule has 0 fully saturated rings. The normalized spacial score (nSPS) is 13.1. The van der Waals surface area contributed by atoms with Crippen molar-refractivity contribution in [2.75, 3.05) is 6.61 Å². The number of fused-ring (bicyclic) bond motifs is 2. The van der Waals surface area contributed by atoms with Gasteiger partial charge in [0.25, 0.3) is 0 Å². The highest BCUT2D eigenvalue weighted by Crippen LogP contribution is 2.33. The number of ether oxygens (including phenoxy) is 1. The van der Waals surface area contributed by atoms with Crippen LogP contribution in [0.4, 0.5) is 0 Å². The maximum atomic E-state index is 12.6. The first-order chi connectivity index (χ1) is 10.1. The minimum absolute atomic E-state index is 0.168. The molecule has 1 aliphatic rings. The van der Waals surface area contributed by atoms with E-state index < -0.39 is 6.29 Å². The van der Waals surface area contributed by atoms with E-state index in [4.69, 9.17) is 14.9 Å². The third-order valence-corrected chi connectivity index (χ3v) is 3.30. The Morgan fingerprint density at radius 3 is 2.14 bits per heavy atom. The van der Waals surface area contributed by atoms with E-state index in [2.05, 4.69) is 0 Å². The second kappa shape index (κ2) is 5.12. The second-order valence-electron chi connectivity index (χ2n) is 4.67. The molecular weight excluding hydrogens is 272 g/mol. The van der Waals surface area contributed by atoms with Gasteiger partial charge in [0.05, 0.1) is 5.56 Å². The average Bonchev–Trinajstić information content (AvgIpc) is 2.50. The number of ketones is 2. The number of benzene rings is 2. The van der Waals surface area contributed by atoms with E-state index in [0.717, 1.165) is 0 Å². The lowest BCUT2D eigenvalue weighted by Gasteiger charge is -2.20. The van der Waals surface area contributed by atoms with Gasteiger partial charge in [0.1, 0.15) is 12.4 Å². The summed E-state index contributed by atoms with van der Waals surface area (Å²) in [5.74, 6) is -0.369. The number of hydrogen-bond donors (Lipinski definition) is 2. The molecular formula is C16H12O5. The molecule has 3 rings (SSSR count). The first-order valence-electron chi connectivity index (χ1n) is 6.40. The molecule has 0 amide bonds. The Balaban J connectivity index is 2.12. The molecule has 0 saturated carbocycles. The molecule has 0 unspecified atom stereocenters. The van der Waals surface area contributed by atoms with Crippen molar-refractivity contribution in [1.29, 1.82) is 0 Å². The van der Waals surface area contributed by atoms with Gasteiger partial charge in [0.2, 0.25) is 0 Å². The highest BCUT2D eigenvalue weighted by Gasteiger charge is 2.31. The predicted octanol–water partition coefficient (Wildman–Crippen LogP) is 1.15. The van der Waals surface area contributed by atoms with E-state index in [1.54, 1.807) is 36.4 Å². The zero-order chi connectivity index (χ0) is 15.0. The number of carbonyl (C=O) groups is 2. The van der Waals surface area contributed by atoms with E-state index in [9.17, 15) is 9.59 Å². The SMILES string of the molecule is O=C1c2ccccc2C(=O)c2c(OCC(O)O)cccc21. The molecule has 0 heterocycles. The van der Waals surface area contributed by atoms with Crippen LogP contribution in [-0.2, 0) is 0 Å². The summed E-state index contributed by atoms with van der Waals surface area (Å²) in [5.41, 5.74) is 1.13. The number of aliphatic hydroxyl groups is 2. The largest absolute Gasteiger partial charge is 0.488 e. The first kappa shape index (κ1) is 13.5. The van der Waals surface area contributed by atoms with Crippen molar-refractivity contribution in [1.82, 2.24) is 0 Å². The maximum absolute atomic E-state index is 12.6. The molecule has 0 spiro atoms. The topological polar surface area (TPSA) is 83.8 Å². The fraction of sp³-hybridized carbons (Fsp3) is 0.125. The quantitative estimate of drug-likeness (QED) is 0.705. The molecule has 2 N–H and O–H groups in total. The lowest BCUT2D eigenvalue weighted by Crippen LogP contribution is -2.23. The van der Waals surface area contributed by atoms with Gasteiger partial charge in [0.15, 0.2) is 17.9 Å². The second-order valence-corrected chi connectivity index (χ2v) is 4.67.